The molecule has 1 aromatic carbocycles. The van der Waals surface area contributed by atoms with E-state index in [2.05, 4.69) is 10.3 Å². The number of nitrogens with zero attached hydrogens (tertiary/aromatic N) is 1. The Hall–Kier alpha value is -1.69. The summed E-state index contributed by atoms with van der Waals surface area (Å²) in [7, 11) is 0. The molecule has 0 radical (unpaired) electrons. The van der Waals surface area contributed by atoms with Crippen molar-refractivity contribution in [1.29, 1.82) is 0 Å². The van der Waals surface area contributed by atoms with E-state index in [-0.39, 0.29) is 11.9 Å². The molecule has 1 aliphatic heterocycles. The minimum absolute atomic E-state index is 0.249. The Kier molecular flexibility index (Phi) is 4.05. The van der Waals surface area contributed by atoms with E-state index in [4.69, 9.17) is 0 Å². The Bertz CT molecular complexity index is 637. The highest BCUT2D eigenvalue weighted by atomic mass is 32.2. The zero-order valence-electron chi connectivity index (χ0n) is 11.2. The van der Waals surface area contributed by atoms with Crippen LogP contribution in [0.25, 0.3) is 6.08 Å². The summed E-state index contributed by atoms with van der Waals surface area (Å²) in [5.41, 5.74) is 0.452. The molecule has 1 N–H and O–H groups in total. The second kappa shape index (κ2) is 5.97. The van der Waals surface area contributed by atoms with Crippen LogP contribution in [0.5, 0.6) is 0 Å². The smallest absolute Gasteiger partial charge is 0.264 e. The fourth-order valence-electron chi connectivity index (χ4n) is 2.44. The number of carbonyl (C=O) groups is 1. The Balaban J connectivity index is 1.77. The molecule has 1 aromatic rings. The Labute approximate surface area is 125 Å². The van der Waals surface area contributed by atoms with Crippen LogP contribution in [0.2, 0.25) is 0 Å². The monoisotopic (exact) mass is 308 g/mol. The molecule has 1 aliphatic carbocycles. The predicted molar refractivity (Wildman–Crippen MR) is 79.8 cm³/mol. The summed E-state index contributed by atoms with van der Waals surface area (Å²) < 4.78 is 26.0. The van der Waals surface area contributed by atoms with Gasteiger partial charge in [0.25, 0.3) is 5.91 Å². The van der Waals surface area contributed by atoms with E-state index in [1.54, 1.807) is 6.08 Å². The van der Waals surface area contributed by atoms with Crippen molar-refractivity contribution in [3.8, 4) is 0 Å². The topological polar surface area (TPSA) is 41.5 Å². The fourth-order valence-corrected chi connectivity index (χ4v) is 3.33. The van der Waals surface area contributed by atoms with Crippen molar-refractivity contribution < 1.29 is 13.6 Å². The van der Waals surface area contributed by atoms with Crippen LogP contribution in [0.1, 0.15) is 31.2 Å². The van der Waals surface area contributed by atoms with Crippen LogP contribution in [0.3, 0.4) is 0 Å². The van der Waals surface area contributed by atoms with E-state index in [9.17, 15) is 13.6 Å². The van der Waals surface area contributed by atoms with Gasteiger partial charge in [0.15, 0.2) is 16.8 Å². The summed E-state index contributed by atoms with van der Waals surface area (Å²) in [6.45, 7) is 0. The first-order chi connectivity index (χ1) is 10.1. The van der Waals surface area contributed by atoms with Crippen molar-refractivity contribution in [3.05, 3.63) is 40.3 Å². The number of amidine groups is 1. The van der Waals surface area contributed by atoms with Gasteiger partial charge in [-0.05, 0) is 48.4 Å². The van der Waals surface area contributed by atoms with E-state index < -0.39 is 11.6 Å². The number of hydrogen-bond donors (Lipinski definition) is 1. The molecule has 110 valence electrons. The number of aliphatic imine (C=N–C) groups is 1. The molecule has 0 aromatic heterocycles. The highest BCUT2D eigenvalue weighted by molar-refractivity contribution is 8.18. The molecule has 0 bridgehead atoms. The molecule has 0 unspecified atom stereocenters. The van der Waals surface area contributed by atoms with Crippen LogP contribution in [-0.4, -0.2) is 17.1 Å². The van der Waals surface area contributed by atoms with Crippen LogP contribution < -0.4 is 5.32 Å². The van der Waals surface area contributed by atoms with Crippen molar-refractivity contribution >= 4 is 28.9 Å². The summed E-state index contributed by atoms with van der Waals surface area (Å²) in [6, 6.07) is 3.84. The average molecular weight is 308 g/mol. The molecule has 1 amide bonds. The van der Waals surface area contributed by atoms with Gasteiger partial charge < -0.3 is 5.32 Å². The third-order valence-corrected chi connectivity index (χ3v) is 4.44. The SMILES string of the molecule is O=C1NC(=NC2CCCC2)S/C1=C/c1ccc(F)c(F)c1. The zero-order chi connectivity index (χ0) is 14.8. The van der Waals surface area contributed by atoms with E-state index >= 15 is 0 Å². The van der Waals surface area contributed by atoms with E-state index in [0.29, 0.717) is 15.6 Å². The molecule has 3 rings (SSSR count). The van der Waals surface area contributed by atoms with Crippen molar-refractivity contribution in [3.63, 3.8) is 0 Å². The van der Waals surface area contributed by atoms with Crippen LogP contribution in [-0.2, 0) is 4.79 Å². The van der Waals surface area contributed by atoms with Crippen LogP contribution in [0, 0.1) is 11.6 Å². The maximum Gasteiger partial charge on any atom is 0.264 e. The highest BCUT2D eigenvalue weighted by Crippen LogP contribution is 2.29. The van der Waals surface area contributed by atoms with Gasteiger partial charge in [-0.3, -0.25) is 9.79 Å². The van der Waals surface area contributed by atoms with Gasteiger partial charge in [-0.1, -0.05) is 18.9 Å². The summed E-state index contributed by atoms with van der Waals surface area (Å²) >= 11 is 1.24. The molecular formula is C15H14F2N2OS. The predicted octanol–water partition coefficient (Wildman–Crippen LogP) is 3.47. The maximum absolute atomic E-state index is 13.2. The Morgan fingerprint density at radius 1 is 1.24 bits per heavy atom. The Morgan fingerprint density at radius 3 is 2.71 bits per heavy atom. The third-order valence-electron chi connectivity index (χ3n) is 3.52. The van der Waals surface area contributed by atoms with Gasteiger partial charge in [0.2, 0.25) is 0 Å². The molecule has 1 heterocycles. The normalized spacial score (nSPS) is 23.2. The van der Waals surface area contributed by atoms with Gasteiger partial charge in [-0.15, -0.1) is 0 Å². The fraction of sp³-hybridized carbons (Fsp3) is 0.333. The van der Waals surface area contributed by atoms with Gasteiger partial charge in [0.1, 0.15) is 0 Å². The lowest BCUT2D eigenvalue weighted by Crippen LogP contribution is -2.21. The number of thioether (sulfide) groups is 1. The summed E-state index contributed by atoms with van der Waals surface area (Å²) in [5.74, 6) is -2.07. The summed E-state index contributed by atoms with van der Waals surface area (Å²) in [5, 5.41) is 3.31. The van der Waals surface area contributed by atoms with E-state index in [0.717, 1.165) is 25.0 Å². The van der Waals surface area contributed by atoms with Crippen molar-refractivity contribution in [2.24, 2.45) is 4.99 Å². The molecule has 1 saturated carbocycles. The van der Waals surface area contributed by atoms with Gasteiger partial charge in [-0.2, -0.15) is 0 Å². The molecule has 6 heteroatoms. The maximum atomic E-state index is 13.2. The van der Waals surface area contributed by atoms with Crippen LogP contribution in [0.15, 0.2) is 28.1 Å². The molecule has 1 saturated heterocycles. The lowest BCUT2D eigenvalue weighted by molar-refractivity contribution is -0.115. The second-order valence-corrected chi connectivity index (χ2v) is 6.14. The average Bonchev–Trinajstić information content (AvgIpc) is 3.05. The highest BCUT2D eigenvalue weighted by Gasteiger charge is 2.25. The van der Waals surface area contributed by atoms with E-state index in [1.165, 1.54) is 30.7 Å². The number of benzene rings is 1. The van der Waals surface area contributed by atoms with Crippen molar-refractivity contribution in [2.75, 3.05) is 0 Å². The number of nitrogens with one attached hydrogen (secondary N) is 1. The molecule has 0 atom stereocenters. The summed E-state index contributed by atoms with van der Waals surface area (Å²) in [4.78, 5) is 16.8. The standard InChI is InChI=1S/C15H14F2N2OS/c16-11-6-5-9(7-12(11)17)8-13-14(20)19-15(21-13)18-10-3-1-2-4-10/h5-8,10H,1-4H2,(H,18,19,20)/b13-8+. The number of hydrogen-bond acceptors (Lipinski definition) is 3. The first-order valence-electron chi connectivity index (χ1n) is 6.85. The molecule has 3 nitrogen and oxygen atoms in total. The van der Waals surface area contributed by atoms with Crippen molar-refractivity contribution in [2.45, 2.75) is 31.7 Å². The molecule has 2 fully saturated rings. The third kappa shape index (κ3) is 3.32. The number of rotatable bonds is 2. The quantitative estimate of drug-likeness (QED) is 0.850. The van der Waals surface area contributed by atoms with Crippen LogP contribution in [0.4, 0.5) is 8.78 Å². The molecule has 2 aliphatic rings. The number of halogens is 2. The van der Waals surface area contributed by atoms with E-state index in [1.807, 2.05) is 0 Å². The number of amides is 1. The lowest BCUT2D eigenvalue weighted by atomic mass is 10.2. The minimum Gasteiger partial charge on any atom is -0.301 e. The van der Waals surface area contributed by atoms with Gasteiger partial charge in [0, 0.05) is 0 Å². The lowest BCUT2D eigenvalue weighted by Gasteiger charge is -2.02. The first-order valence-corrected chi connectivity index (χ1v) is 7.67. The first kappa shape index (κ1) is 14.3. The second-order valence-electron chi connectivity index (χ2n) is 5.11. The zero-order valence-corrected chi connectivity index (χ0v) is 12.1. The number of carbonyl (C=O) groups excluding carboxylic acids is 1. The van der Waals surface area contributed by atoms with Gasteiger partial charge >= 0.3 is 0 Å². The molecule has 21 heavy (non-hydrogen) atoms. The Morgan fingerprint density at radius 2 is 2.00 bits per heavy atom. The summed E-state index contributed by atoms with van der Waals surface area (Å²) in [6.07, 6.45) is 6.01. The minimum atomic E-state index is -0.924. The van der Waals surface area contributed by atoms with Gasteiger partial charge in [0.05, 0.1) is 10.9 Å². The van der Waals surface area contributed by atoms with Crippen LogP contribution >= 0.6 is 11.8 Å². The van der Waals surface area contributed by atoms with Gasteiger partial charge in [-0.25, -0.2) is 8.78 Å². The van der Waals surface area contributed by atoms with Crippen molar-refractivity contribution in [1.82, 2.24) is 5.32 Å². The molecular weight excluding hydrogens is 294 g/mol. The molecule has 0 spiro atoms. The largest absolute Gasteiger partial charge is 0.301 e.